The zero-order valence-electron chi connectivity index (χ0n) is 10.8. The highest BCUT2D eigenvalue weighted by Crippen LogP contribution is 2.03. The molecule has 5 nitrogen and oxygen atoms in total. The van der Waals surface area contributed by atoms with Crippen LogP contribution in [0.5, 0.6) is 5.88 Å². The van der Waals surface area contributed by atoms with Crippen LogP contribution in [0.3, 0.4) is 0 Å². The van der Waals surface area contributed by atoms with Crippen LogP contribution in [0.15, 0.2) is 16.9 Å². The molecule has 1 aromatic rings. The molecule has 0 fully saturated rings. The maximum absolute atomic E-state index is 11.5. The van der Waals surface area contributed by atoms with E-state index in [1.54, 1.807) is 13.2 Å². The molecule has 1 unspecified atom stereocenters. The third kappa shape index (κ3) is 4.56. The molecule has 1 aromatic heterocycles. The van der Waals surface area contributed by atoms with E-state index in [4.69, 9.17) is 4.74 Å². The third-order valence-electron chi connectivity index (χ3n) is 2.80. The first kappa shape index (κ1) is 13.7. The van der Waals surface area contributed by atoms with E-state index in [1.165, 1.54) is 10.7 Å². The normalized spacial score (nSPS) is 12.4. The fourth-order valence-electron chi connectivity index (χ4n) is 1.56. The number of ether oxygens (including phenoxy) is 1. The Kier molecular flexibility index (Phi) is 5.69. The second-order valence-electron chi connectivity index (χ2n) is 4.12. The van der Waals surface area contributed by atoms with Gasteiger partial charge in [-0.25, -0.2) is 4.68 Å². The van der Waals surface area contributed by atoms with Gasteiger partial charge in [0.25, 0.3) is 5.56 Å². The van der Waals surface area contributed by atoms with Crippen molar-refractivity contribution in [1.82, 2.24) is 15.1 Å². The zero-order chi connectivity index (χ0) is 12.7. The van der Waals surface area contributed by atoms with Crippen molar-refractivity contribution in [3.8, 4) is 5.88 Å². The van der Waals surface area contributed by atoms with Crippen LogP contribution in [0.4, 0.5) is 0 Å². The molecule has 17 heavy (non-hydrogen) atoms. The molecule has 0 aliphatic heterocycles. The average Bonchev–Trinajstić information content (AvgIpc) is 2.36. The van der Waals surface area contributed by atoms with Gasteiger partial charge in [0.1, 0.15) is 0 Å². The van der Waals surface area contributed by atoms with Crippen LogP contribution in [0.1, 0.15) is 26.2 Å². The third-order valence-corrected chi connectivity index (χ3v) is 2.80. The molecule has 0 spiro atoms. The number of rotatable bonds is 7. The van der Waals surface area contributed by atoms with E-state index in [-0.39, 0.29) is 5.56 Å². The molecule has 0 aromatic carbocycles. The average molecular weight is 239 g/mol. The Morgan fingerprint density at radius 1 is 1.47 bits per heavy atom. The minimum atomic E-state index is -0.0764. The van der Waals surface area contributed by atoms with Gasteiger partial charge in [0.2, 0.25) is 5.88 Å². The van der Waals surface area contributed by atoms with Crippen molar-refractivity contribution >= 4 is 0 Å². The highest BCUT2D eigenvalue weighted by atomic mass is 16.5. The Labute approximate surface area is 102 Å². The van der Waals surface area contributed by atoms with Gasteiger partial charge in [0, 0.05) is 24.7 Å². The molecule has 1 heterocycles. The number of hydrogen-bond donors (Lipinski definition) is 1. The first-order chi connectivity index (χ1) is 8.17. The van der Waals surface area contributed by atoms with Crippen molar-refractivity contribution in [3.05, 3.63) is 22.5 Å². The fraction of sp³-hybridized carbons (Fsp3) is 0.667. The van der Waals surface area contributed by atoms with Crippen LogP contribution in [-0.2, 0) is 6.54 Å². The quantitative estimate of drug-likeness (QED) is 0.722. The van der Waals surface area contributed by atoms with Crippen LogP contribution < -0.4 is 15.6 Å². The summed E-state index contributed by atoms with van der Waals surface area (Å²) in [6, 6.07) is 3.59. The van der Waals surface area contributed by atoms with Gasteiger partial charge in [-0.15, -0.1) is 5.10 Å². The summed E-state index contributed by atoms with van der Waals surface area (Å²) in [7, 11) is 3.50. The van der Waals surface area contributed by atoms with Crippen molar-refractivity contribution in [3.63, 3.8) is 0 Å². The van der Waals surface area contributed by atoms with E-state index < -0.39 is 0 Å². The number of aromatic nitrogens is 2. The van der Waals surface area contributed by atoms with Crippen molar-refractivity contribution in [1.29, 1.82) is 0 Å². The lowest BCUT2D eigenvalue weighted by atomic mass is 10.1. The summed E-state index contributed by atoms with van der Waals surface area (Å²) in [5.74, 6) is 0.480. The molecule has 1 N–H and O–H groups in total. The van der Waals surface area contributed by atoms with Gasteiger partial charge in [-0.1, -0.05) is 6.42 Å². The number of nitrogens with one attached hydrogen (secondary N) is 1. The second kappa shape index (κ2) is 7.06. The summed E-state index contributed by atoms with van der Waals surface area (Å²) in [6.45, 7) is 2.79. The fourth-order valence-corrected chi connectivity index (χ4v) is 1.56. The first-order valence-corrected chi connectivity index (χ1v) is 5.96. The van der Waals surface area contributed by atoms with Gasteiger partial charge in [0.05, 0.1) is 7.11 Å². The van der Waals surface area contributed by atoms with E-state index >= 15 is 0 Å². The first-order valence-electron chi connectivity index (χ1n) is 5.96. The molecular weight excluding hydrogens is 218 g/mol. The Morgan fingerprint density at radius 2 is 2.24 bits per heavy atom. The maximum atomic E-state index is 11.5. The number of hydrogen-bond acceptors (Lipinski definition) is 4. The van der Waals surface area contributed by atoms with Gasteiger partial charge < -0.3 is 10.1 Å². The van der Waals surface area contributed by atoms with Gasteiger partial charge in [-0.05, 0) is 26.8 Å². The number of methoxy groups -OCH3 is 1. The van der Waals surface area contributed by atoms with Crippen molar-refractivity contribution < 1.29 is 4.74 Å². The summed E-state index contributed by atoms with van der Waals surface area (Å²) in [4.78, 5) is 11.5. The SMILES string of the molecule is CNC(C)CCCCn1nc(OC)ccc1=O. The van der Waals surface area contributed by atoms with Crippen molar-refractivity contribution in [2.75, 3.05) is 14.2 Å². The zero-order valence-corrected chi connectivity index (χ0v) is 10.8. The standard InChI is InChI=1S/C12H21N3O2/c1-10(13-2)6-4-5-9-15-12(16)8-7-11(14-15)17-3/h7-8,10,13H,4-6,9H2,1-3H3. The molecule has 1 atom stereocenters. The molecule has 1 rings (SSSR count). The summed E-state index contributed by atoms with van der Waals surface area (Å²) in [6.07, 6.45) is 3.13. The second-order valence-corrected chi connectivity index (χ2v) is 4.12. The van der Waals surface area contributed by atoms with Gasteiger partial charge >= 0.3 is 0 Å². The largest absolute Gasteiger partial charge is 0.480 e. The van der Waals surface area contributed by atoms with Crippen LogP contribution in [0, 0.1) is 0 Å². The van der Waals surface area contributed by atoms with E-state index in [9.17, 15) is 4.79 Å². The lowest BCUT2D eigenvalue weighted by Gasteiger charge is -2.10. The summed E-state index contributed by atoms with van der Waals surface area (Å²) < 4.78 is 6.45. The van der Waals surface area contributed by atoms with E-state index in [0.29, 0.717) is 18.5 Å². The van der Waals surface area contributed by atoms with E-state index in [1.807, 2.05) is 7.05 Å². The molecule has 0 amide bonds. The van der Waals surface area contributed by atoms with Crippen LogP contribution in [0.2, 0.25) is 0 Å². The lowest BCUT2D eigenvalue weighted by molar-refractivity contribution is 0.371. The molecule has 5 heteroatoms. The molecule has 0 aliphatic rings. The van der Waals surface area contributed by atoms with Gasteiger partial charge in [0.15, 0.2) is 0 Å². The summed E-state index contributed by atoms with van der Waals surface area (Å²) in [5, 5.41) is 7.28. The predicted octanol–water partition coefficient (Wildman–Crippen LogP) is 1.03. The van der Waals surface area contributed by atoms with Crippen LogP contribution in [0.25, 0.3) is 0 Å². The van der Waals surface area contributed by atoms with E-state index in [0.717, 1.165) is 19.3 Å². The maximum Gasteiger partial charge on any atom is 0.266 e. The molecule has 96 valence electrons. The highest BCUT2D eigenvalue weighted by molar-refractivity contribution is 5.05. The monoisotopic (exact) mass is 239 g/mol. The minimum absolute atomic E-state index is 0.0764. The smallest absolute Gasteiger partial charge is 0.266 e. The van der Waals surface area contributed by atoms with Gasteiger partial charge in [-0.3, -0.25) is 4.79 Å². The Hall–Kier alpha value is -1.36. The van der Waals surface area contributed by atoms with E-state index in [2.05, 4.69) is 17.3 Å². The molecule has 0 aliphatic carbocycles. The Morgan fingerprint density at radius 3 is 2.88 bits per heavy atom. The topological polar surface area (TPSA) is 56.1 Å². The molecule has 0 saturated carbocycles. The molecule has 0 radical (unpaired) electrons. The molecule has 0 bridgehead atoms. The van der Waals surface area contributed by atoms with Crippen LogP contribution >= 0.6 is 0 Å². The van der Waals surface area contributed by atoms with Crippen molar-refractivity contribution in [2.45, 2.75) is 38.8 Å². The van der Waals surface area contributed by atoms with Crippen LogP contribution in [-0.4, -0.2) is 30.0 Å². The highest BCUT2D eigenvalue weighted by Gasteiger charge is 2.01. The number of nitrogens with zero attached hydrogens (tertiary/aromatic N) is 2. The number of unbranched alkanes of at least 4 members (excludes halogenated alkanes) is 1. The molecule has 0 saturated heterocycles. The lowest BCUT2D eigenvalue weighted by Crippen LogP contribution is -2.23. The van der Waals surface area contributed by atoms with Crippen molar-refractivity contribution in [2.24, 2.45) is 0 Å². The minimum Gasteiger partial charge on any atom is -0.480 e. The Bertz CT molecular complexity index is 390. The summed E-state index contributed by atoms with van der Waals surface area (Å²) in [5.41, 5.74) is -0.0764. The number of aryl methyl sites for hydroxylation is 1. The molecular formula is C12H21N3O2. The predicted molar refractivity (Wildman–Crippen MR) is 67.4 cm³/mol. The Balaban J connectivity index is 2.43. The summed E-state index contributed by atoms with van der Waals surface area (Å²) >= 11 is 0. The van der Waals surface area contributed by atoms with Gasteiger partial charge in [-0.2, -0.15) is 0 Å².